The highest BCUT2D eigenvalue weighted by Gasteiger charge is 2.31. The number of sulfonamides is 1. The number of hydrogen-bond donors (Lipinski definition) is 0. The monoisotopic (exact) mass is 431 g/mol. The van der Waals surface area contributed by atoms with Crippen molar-refractivity contribution in [3.05, 3.63) is 59.7 Å². The Hall–Kier alpha value is -2.71. The van der Waals surface area contributed by atoms with E-state index in [9.17, 15) is 18.0 Å². The van der Waals surface area contributed by atoms with Crippen molar-refractivity contribution in [2.75, 3.05) is 20.2 Å². The molecular formula is C22H25NO6S. The summed E-state index contributed by atoms with van der Waals surface area (Å²) in [4.78, 5) is 24.0. The van der Waals surface area contributed by atoms with Crippen molar-refractivity contribution in [3.63, 3.8) is 0 Å². The zero-order chi connectivity index (χ0) is 21.9. The summed E-state index contributed by atoms with van der Waals surface area (Å²) in [7, 11) is -2.32. The topological polar surface area (TPSA) is 90.0 Å². The lowest BCUT2D eigenvalue weighted by Crippen LogP contribution is -2.42. The van der Waals surface area contributed by atoms with Gasteiger partial charge in [0, 0.05) is 13.1 Å². The summed E-state index contributed by atoms with van der Waals surface area (Å²) >= 11 is 0. The predicted octanol–water partition coefficient (Wildman–Crippen LogP) is 3.36. The van der Waals surface area contributed by atoms with Gasteiger partial charge in [0.25, 0.3) is 0 Å². The Kier molecular flexibility index (Phi) is 6.58. The fraction of sp³-hybridized carbons (Fsp3) is 0.364. The smallest absolute Gasteiger partial charge is 0.343 e. The van der Waals surface area contributed by atoms with E-state index in [0.717, 1.165) is 6.42 Å². The second-order valence-corrected chi connectivity index (χ2v) is 9.64. The van der Waals surface area contributed by atoms with E-state index in [1.54, 1.807) is 0 Å². The van der Waals surface area contributed by atoms with E-state index in [4.69, 9.17) is 4.74 Å². The lowest BCUT2D eigenvalue weighted by molar-refractivity contribution is 0.0600. The van der Waals surface area contributed by atoms with E-state index >= 15 is 0 Å². The molecule has 0 unspecified atom stereocenters. The van der Waals surface area contributed by atoms with Crippen LogP contribution in [0.4, 0.5) is 0 Å². The Balaban J connectivity index is 1.70. The lowest BCUT2D eigenvalue weighted by Gasteiger charge is -2.34. The molecule has 0 N–H and O–H groups in total. The Morgan fingerprint density at radius 3 is 1.90 bits per heavy atom. The number of carbonyl (C=O) groups excluding carboxylic acids is 2. The van der Waals surface area contributed by atoms with Crippen LogP contribution >= 0.6 is 0 Å². The van der Waals surface area contributed by atoms with Gasteiger partial charge in [-0.3, -0.25) is 0 Å². The van der Waals surface area contributed by atoms with E-state index in [-0.39, 0.29) is 16.2 Å². The molecule has 7 nitrogen and oxygen atoms in total. The minimum Gasteiger partial charge on any atom is -0.465 e. The highest BCUT2D eigenvalue weighted by Crippen LogP contribution is 2.27. The summed E-state index contributed by atoms with van der Waals surface area (Å²) in [5.41, 5.74) is 0.569. The van der Waals surface area contributed by atoms with Crippen LogP contribution in [-0.2, 0) is 14.8 Å². The molecule has 0 radical (unpaired) electrons. The minimum atomic E-state index is -3.61. The molecule has 0 aliphatic carbocycles. The molecule has 8 heteroatoms. The van der Waals surface area contributed by atoms with Crippen LogP contribution in [0.5, 0.6) is 5.75 Å². The van der Waals surface area contributed by atoms with Crippen molar-refractivity contribution in [1.82, 2.24) is 4.31 Å². The third-order valence-corrected chi connectivity index (χ3v) is 6.89. The zero-order valence-electron chi connectivity index (χ0n) is 17.2. The van der Waals surface area contributed by atoms with Crippen LogP contribution in [0.2, 0.25) is 0 Å². The largest absolute Gasteiger partial charge is 0.465 e. The molecule has 1 heterocycles. The molecule has 0 amide bonds. The van der Waals surface area contributed by atoms with E-state index in [0.29, 0.717) is 30.5 Å². The Morgan fingerprint density at radius 1 is 0.867 bits per heavy atom. The molecule has 2 atom stereocenters. The zero-order valence-corrected chi connectivity index (χ0v) is 18.0. The molecule has 1 fully saturated rings. The number of piperidine rings is 1. The van der Waals surface area contributed by atoms with Gasteiger partial charge in [0.05, 0.1) is 23.1 Å². The molecule has 3 rings (SSSR count). The number of carbonyl (C=O) groups is 2. The van der Waals surface area contributed by atoms with E-state index in [2.05, 4.69) is 18.6 Å². The van der Waals surface area contributed by atoms with Gasteiger partial charge in [0.1, 0.15) is 5.75 Å². The number of hydrogen-bond acceptors (Lipinski definition) is 6. The third kappa shape index (κ3) is 4.88. The maximum Gasteiger partial charge on any atom is 0.343 e. The minimum absolute atomic E-state index is 0.155. The summed E-state index contributed by atoms with van der Waals surface area (Å²) in [6.45, 7) is 5.10. The van der Waals surface area contributed by atoms with Gasteiger partial charge < -0.3 is 9.47 Å². The molecule has 2 aromatic carbocycles. The maximum absolute atomic E-state index is 12.9. The number of benzene rings is 2. The first-order chi connectivity index (χ1) is 14.2. The van der Waals surface area contributed by atoms with Gasteiger partial charge in [-0.1, -0.05) is 13.8 Å². The van der Waals surface area contributed by atoms with E-state index in [1.165, 1.54) is 59.9 Å². The van der Waals surface area contributed by atoms with Crippen LogP contribution in [0.1, 0.15) is 41.0 Å². The van der Waals surface area contributed by atoms with Gasteiger partial charge in [-0.2, -0.15) is 4.31 Å². The summed E-state index contributed by atoms with van der Waals surface area (Å²) < 4.78 is 37.3. The van der Waals surface area contributed by atoms with Crippen LogP contribution in [0.3, 0.4) is 0 Å². The predicted molar refractivity (Wildman–Crippen MR) is 111 cm³/mol. The first-order valence-electron chi connectivity index (χ1n) is 9.71. The summed E-state index contributed by atoms with van der Waals surface area (Å²) in [5.74, 6) is -0.223. The summed E-state index contributed by atoms with van der Waals surface area (Å²) in [5, 5.41) is 0. The summed E-state index contributed by atoms with van der Waals surface area (Å²) in [6, 6.07) is 11.7. The van der Waals surface area contributed by atoms with Crippen molar-refractivity contribution >= 4 is 22.0 Å². The van der Waals surface area contributed by atoms with Gasteiger partial charge in [-0.25, -0.2) is 18.0 Å². The second kappa shape index (κ2) is 8.97. The van der Waals surface area contributed by atoms with Crippen LogP contribution in [-0.4, -0.2) is 44.9 Å². The van der Waals surface area contributed by atoms with Crippen molar-refractivity contribution in [2.24, 2.45) is 11.8 Å². The summed E-state index contributed by atoms with van der Waals surface area (Å²) in [6.07, 6.45) is 1.01. The lowest BCUT2D eigenvalue weighted by atomic mass is 9.94. The maximum atomic E-state index is 12.9. The molecule has 30 heavy (non-hydrogen) atoms. The Bertz CT molecular complexity index is 1000. The van der Waals surface area contributed by atoms with E-state index < -0.39 is 22.0 Å². The van der Waals surface area contributed by atoms with Gasteiger partial charge in [0.2, 0.25) is 10.0 Å². The van der Waals surface area contributed by atoms with Crippen LogP contribution < -0.4 is 4.74 Å². The Morgan fingerprint density at radius 2 is 1.37 bits per heavy atom. The molecule has 160 valence electrons. The molecule has 0 bridgehead atoms. The Labute approximate surface area is 176 Å². The standard InChI is InChI=1S/C22H25NO6S/c1-15-12-16(2)14-23(13-15)30(26,27)20-10-6-18(7-11-20)22(25)29-19-8-4-17(5-9-19)21(24)28-3/h4-11,15-16H,12-14H2,1-3H3/t15-,16+. The van der Waals surface area contributed by atoms with Crippen LogP contribution in [0, 0.1) is 11.8 Å². The SMILES string of the molecule is COC(=O)c1ccc(OC(=O)c2ccc(S(=O)(=O)N3C[C@H](C)C[C@H](C)C3)cc2)cc1. The number of esters is 2. The van der Waals surface area contributed by atoms with Crippen molar-refractivity contribution in [2.45, 2.75) is 25.2 Å². The van der Waals surface area contributed by atoms with Crippen molar-refractivity contribution in [1.29, 1.82) is 0 Å². The fourth-order valence-corrected chi connectivity index (χ4v) is 5.34. The van der Waals surface area contributed by atoms with Gasteiger partial charge in [-0.05, 0) is 66.8 Å². The number of rotatable bonds is 5. The number of ether oxygens (including phenoxy) is 2. The second-order valence-electron chi connectivity index (χ2n) is 7.70. The normalized spacial score (nSPS) is 19.8. The molecule has 1 aliphatic heterocycles. The number of methoxy groups -OCH3 is 1. The third-order valence-electron chi connectivity index (χ3n) is 5.05. The highest BCUT2D eigenvalue weighted by atomic mass is 32.2. The van der Waals surface area contributed by atoms with Gasteiger partial charge in [0.15, 0.2) is 0 Å². The average Bonchev–Trinajstić information content (AvgIpc) is 2.73. The fourth-order valence-electron chi connectivity index (χ4n) is 3.66. The first-order valence-corrected chi connectivity index (χ1v) is 11.2. The van der Waals surface area contributed by atoms with Crippen molar-refractivity contribution < 1.29 is 27.5 Å². The average molecular weight is 432 g/mol. The molecule has 0 aromatic heterocycles. The van der Waals surface area contributed by atoms with Gasteiger partial charge >= 0.3 is 11.9 Å². The molecule has 0 spiro atoms. The molecule has 1 saturated heterocycles. The molecule has 2 aromatic rings. The molecule has 0 saturated carbocycles. The van der Waals surface area contributed by atoms with E-state index in [1.807, 2.05) is 0 Å². The molecule has 1 aliphatic rings. The first kappa shape index (κ1) is 22.0. The number of nitrogens with zero attached hydrogens (tertiary/aromatic N) is 1. The van der Waals surface area contributed by atoms with Crippen LogP contribution in [0.15, 0.2) is 53.4 Å². The van der Waals surface area contributed by atoms with Crippen molar-refractivity contribution in [3.8, 4) is 5.75 Å². The highest BCUT2D eigenvalue weighted by molar-refractivity contribution is 7.89. The quantitative estimate of drug-likeness (QED) is 0.533. The van der Waals surface area contributed by atoms with Gasteiger partial charge in [-0.15, -0.1) is 0 Å². The van der Waals surface area contributed by atoms with Crippen LogP contribution in [0.25, 0.3) is 0 Å². The molecular weight excluding hydrogens is 406 g/mol.